The highest BCUT2D eigenvalue weighted by atomic mass is 16.4. The summed E-state index contributed by atoms with van der Waals surface area (Å²) in [5, 5.41) is 14.0. The van der Waals surface area contributed by atoms with Crippen LogP contribution in [-0.2, 0) is 0 Å². The molecule has 5 nitrogen and oxygen atoms in total. The molecule has 5 heteroatoms. The van der Waals surface area contributed by atoms with E-state index in [0.717, 1.165) is 0 Å². The zero-order valence-corrected chi connectivity index (χ0v) is 9.99. The third kappa shape index (κ3) is 4.58. The van der Waals surface area contributed by atoms with Gasteiger partial charge in [-0.25, -0.2) is 9.59 Å². The molecule has 3 N–H and O–H groups in total. The Morgan fingerprint density at radius 1 is 1.39 bits per heavy atom. The topological polar surface area (TPSA) is 78.4 Å². The first-order chi connectivity index (χ1) is 8.63. The molecule has 1 aromatic rings. The Labute approximate surface area is 105 Å². The first kappa shape index (κ1) is 13.6. The summed E-state index contributed by atoms with van der Waals surface area (Å²) in [6.07, 6.45) is 0.582. The van der Waals surface area contributed by atoms with Crippen LogP contribution in [0, 0.1) is 11.8 Å². The number of rotatable bonds is 4. The van der Waals surface area contributed by atoms with Crippen LogP contribution in [0.5, 0.6) is 0 Å². The summed E-state index contributed by atoms with van der Waals surface area (Å²) in [7, 11) is 0. The van der Waals surface area contributed by atoms with Crippen LogP contribution >= 0.6 is 0 Å². The van der Waals surface area contributed by atoms with Crippen LogP contribution in [0.15, 0.2) is 24.3 Å². The molecule has 94 valence electrons. The lowest BCUT2D eigenvalue weighted by Gasteiger charge is -2.06. The van der Waals surface area contributed by atoms with E-state index in [2.05, 4.69) is 22.5 Å². The number of urea groups is 1. The van der Waals surface area contributed by atoms with Gasteiger partial charge in [-0.1, -0.05) is 6.07 Å². The fourth-order valence-corrected chi connectivity index (χ4v) is 1.27. The SMILES string of the molecule is CC#CCCNC(=O)Nc1cccc(C(=O)O)c1. The quantitative estimate of drug-likeness (QED) is 0.561. The third-order valence-electron chi connectivity index (χ3n) is 2.08. The Bertz CT molecular complexity index is 500. The van der Waals surface area contributed by atoms with E-state index in [-0.39, 0.29) is 11.6 Å². The van der Waals surface area contributed by atoms with Crippen LogP contribution in [0.1, 0.15) is 23.7 Å². The molecular formula is C13H14N2O3. The number of hydrogen-bond acceptors (Lipinski definition) is 2. The van der Waals surface area contributed by atoms with Gasteiger partial charge in [0.05, 0.1) is 5.56 Å². The molecule has 0 heterocycles. The predicted molar refractivity (Wildman–Crippen MR) is 68.5 cm³/mol. The molecular weight excluding hydrogens is 232 g/mol. The Balaban J connectivity index is 2.50. The number of carboxylic acid groups (broad SMARTS) is 1. The Morgan fingerprint density at radius 2 is 2.17 bits per heavy atom. The van der Waals surface area contributed by atoms with Gasteiger partial charge in [-0.3, -0.25) is 0 Å². The molecule has 0 aromatic heterocycles. The van der Waals surface area contributed by atoms with E-state index in [1.54, 1.807) is 19.1 Å². The Kier molecular flexibility index (Phi) is 5.26. The normalized spacial score (nSPS) is 8.94. The lowest BCUT2D eigenvalue weighted by molar-refractivity contribution is 0.0697. The van der Waals surface area contributed by atoms with Crippen molar-refractivity contribution >= 4 is 17.7 Å². The highest BCUT2D eigenvalue weighted by Gasteiger charge is 2.05. The van der Waals surface area contributed by atoms with Crippen LogP contribution in [0.4, 0.5) is 10.5 Å². The summed E-state index contributed by atoms with van der Waals surface area (Å²) in [5.74, 6) is 4.52. The second-order valence-electron chi connectivity index (χ2n) is 3.44. The van der Waals surface area contributed by atoms with Gasteiger partial charge in [-0.15, -0.1) is 11.8 Å². The standard InChI is InChI=1S/C13H14N2O3/c1-2-3-4-8-14-13(18)15-11-7-5-6-10(9-11)12(16)17/h5-7,9H,4,8H2,1H3,(H,16,17)(H2,14,15,18). The molecule has 0 aliphatic rings. The van der Waals surface area contributed by atoms with E-state index in [1.165, 1.54) is 12.1 Å². The summed E-state index contributed by atoms with van der Waals surface area (Å²) < 4.78 is 0. The van der Waals surface area contributed by atoms with Gasteiger partial charge >= 0.3 is 12.0 Å². The molecule has 0 bridgehead atoms. The average Bonchev–Trinajstić information content (AvgIpc) is 2.35. The van der Waals surface area contributed by atoms with Gasteiger partial charge in [-0.2, -0.15) is 0 Å². The molecule has 1 rings (SSSR count). The highest BCUT2D eigenvalue weighted by Crippen LogP contribution is 2.10. The van der Waals surface area contributed by atoms with Gasteiger partial charge < -0.3 is 15.7 Å². The minimum Gasteiger partial charge on any atom is -0.478 e. The number of carbonyl (C=O) groups excluding carboxylic acids is 1. The molecule has 1 aromatic carbocycles. The van der Waals surface area contributed by atoms with E-state index < -0.39 is 5.97 Å². The Morgan fingerprint density at radius 3 is 2.83 bits per heavy atom. The second-order valence-corrected chi connectivity index (χ2v) is 3.44. The molecule has 18 heavy (non-hydrogen) atoms. The molecule has 2 amide bonds. The van der Waals surface area contributed by atoms with Gasteiger partial charge in [0.1, 0.15) is 0 Å². The predicted octanol–water partition coefficient (Wildman–Crippen LogP) is 1.92. The van der Waals surface area contributed by atoms with E-state index in [4.69, 9.17) is 5.11 Å². The van der Waals surface area contributed by atoms with Gasteiger partial charge in [-0.05, 0) is 25.1 Å². The second kappa shape index (κ2) is 6.97. The van der Waals surface area contributed by atoms with Crippen molar-refractivity contribution in [3.63, 3.8) is 0 Å². The number of aromatic carboxylic acids is 1. The largest absolute Gasteiger partial charge is 0.478 e. The highest BCUT2D eigenvalue weighted by molar-refractivity contribution is 5.93. The van der Waals surface area contributed by atoms with Gasteiger partial charge in [0.2, 0.25) is 0 Å². The summed E-state index contributed by atoms with van der Waals surface area (Å²) in [6, 6.07) is 5.67. The van der Waals surface area contributed by atoms with Crippen molar-refractivity contribution in [2.75, 3.05) is 11.9 Å². The summed E-state index contributed by atoms with van der Waals surface area (Å²) >= 11 is 0. The fraction of sp³-hybridized carbons (Fsp3) is 0.231. The first-order valence-electron chi connectivity index (χ1n) is 5.41. The molecule has 0 aliphatic carbocycles. The van der Waals surface area contributed by atoms with E-state index >= 15 is 0 Å². The van der Waals surface area contributed by atoms with Crippen molar-refractivity contribution in [3.8, 4) is 11.8 Å². The van der Waals surface area contributed by atoms with Crippen LogP contribution in [0.3, 0.4) is 0 Å². The number of hydrogen-bond donors (Lipinski definition) is 3. The minimum atomic E-state index is -1.03. The molecule has 0 saturated carbocycles. The van der Waals surface area contributed by atoms with Crippen molar-refractivity contribution in [1.82, 2.24) is 5.32 Å². The smallest absolute Gasteiger partial charge is 0.335 e. The summed E-state index contributed by atoms with van der Waals surface area (Å²) in [6.45, 7) is 2.18. The maximum absolute atomic E-state index is 11.4. The van der Waals surface area contributed by atoms with Crippen molar-refractivity contribution in [2.45, 2.75) is 13.3 Å². The fourth-order valence-electron chi connectivity index (χ4n) is 1.27. The number of benzene rings is 1. The number of amides is 2. The van der Waals surface area contributed by atoms with Crippen molar-refractivity contribution in [1.29, 1.82) is 0 Å². The molecule has 0 aliphatic heterocycles. The van der Waals surface area contributed by atoms with Crippen molar-refractivity contribution in [2.24, 2.45) is 0 Å². The lowest BCUT2D eigenvalue weighted by atomic mass is 10.2. The molecule has 0 saturated heterocycles. The summed E-state index contributed by atoms with van der Waals surface area (Å²) in [4.78, 5) is 22.2. The maximum Gasteiger partial charge on any atom is 0.335 e. The Hall–Kier alpha value is -2.48. The van der Waals surface area contributed by atoms with Gasteiger partial charge in [0, 0.05) is 18.7 Å². The van der Waals surface area contributed by atoms with Crippen LogP contribution in [0.25, 0.3) is 0 Å². The lowest BCUT2D eigenvalue weighted by Crippen LogP contribution is -2.29. The van der Waals surface area contributed by atoms with Crippen LogP contribution in [0.2, 0.25) is 0 Å². The molecule has 0 atom stereocenters. The number of nitrogens with one attached hydrogen (secondary N) is 2. The first-order valence-corrected chi connectivity index (χ1v) is 5.41. The van der Waals surface area contributed by atoms with Crippen LogP contribution < -0.4 is 10.6 Å². The molecule has 0 unspecified atom stereocenters. The average molecular weight is 246 g/mol. The van der Waals surface area contributed by atoms with E-state index in [0.29, 0.717) is 18.7 Å². The zero-order chi connectivity index (χ0) is 13.4. The summed E-state index contributed by atoms with van der Waals surface area (Å²) in [5.41, 5.74) is 0.568. The third-order valence-corrected chi connectivity index (χ3v) is 2.08. The van der Waals surface area contributed by atoms with Crippen molar-refractivity contribution < 1.29 is 14.7 Å². The number of anilines is 1. The van der Waals surface area contributed by atoms with Crippen LogP contribution in [-0.4, -0.2) is 23.7 Å². The molecule has 0 radical (unpaired) electrons. The van der Waals surface area contributed by atoms with E-state index in [1.807, 2.05) is 0 Å². The van der Waals surface area contributed by atoms with Gasteiger partial charge in [0.15, 0.2) is 0 Å². The van der Waals surface area contributed by atoms with E-state index in [9.17, 15) is 9.59 Å². The maximum atomic E-state index is 11.4. The zero-order valence-electron chi connectivity index (χ0n) is 9.99. The van der Waals surface area contributed by atoms with Crippen molar-refractivity contribution in [3.05, 3.63) is 29.8 Å². The molecule has 0 fully saturated rings. The monoisotopic (exact) mass is 246 g/mol. The number of carbonyl (C=O) groups is 2. The molecule has 0 spiro atoms. The number of carboxylic acids is 1. The minimum absolute atomic E-state index is 0.129. The van der Waals surface area contributed by atoms with Gasteiger partial charge in [0.25, 0.3) is 0 Å².